The molecule has 1 aromatic rings. The van der Waals surface area contributed by atoms with Crippen LogP contribution < -0.4 is 5.32 Å². The van der Waals surface area contributed by atoms with Gasteiger partial charge >= 0.3 is 0 Å². The average Bonchev–Trinajstić information content (AvgIpc) is 3.11. The van der Waals surface area contributed by atoms with Crippen LogP contribution in [0.3, 0.4) is 0 Å². The lowest BCUT2D eigenvalue weighted by atomic mass is 9.95. The lowest BCUT2D eigenvalue weighted by Crippen LogP contribution is -2.58. The molecule has 1 atom stereocenters. The first-order chi connectivity index (χ1) is 12.7. The number of hydrogen-bond donors (Lipinski definition) is 1. The van der Waals surface area contributed by atoms with Gasteiger partial charge in [0.2, 0.25) is 5.91 Å². The van der Waals surface area contributed by atoms with E-state index in [4.69, 9.17) is 4.42 Å². The summed E-state index contributed by atoms with van der Waals surface area (Å²) in [5.41, 5.74) is 0. The third kappa shape index (κ3) is 3.95. The van der Waals surface area contributed by atoms with Crippen molar-refractivity contribution >= 4 is 11.8 Å². The van der Waals surface area contributed by atoms with E-state index in [1.165, 1.54) is 31.9 Å². The van der Waals surface area contributed by atoms with E-state index in [2.05, 4.69) is 10.2 Å². The number of amides is 2. The van der Waals surface area contributed by atoms with Crippen LogP contribution in [0.15, 0.2) is 22.8 Å². The Kier molecular flexibility index (Phi) is 5.29. The summed E-state index contributed by atoms with van der Waals surface area (Å²) >= 11 is 0. The minimum Gasteiger partial charge on any atom is -0.459 e. The first kappa shape index (κ1) is 17.6. The highest BCUT2D eigenvalue weighted by atomic mass is 16.3. The van der Waals surface area contributed by atoms with E-state index in [1.54, 1.807) is 12.1 Å². The van der Waals surface area contributed by atoms with Gasteiger partial charge in [0, 0.05) is 32.7 Å². The lowest BCUT2D eigenvalue weighted by Gasteiger charge is -2.40. The van der Waals surface area contributed by atoms with Crippen LogP contribution in [0.1, 0.15) is 49.1 Å². The first-order valence-electron chi connectivity index (χ1n) is 10.1. The molecule has 6 nitrogen and oxygen atoms in total. The Bertz CT molecular complexity index is 612. The molecule has 0 spiro atoms. The second-order valence-corrected chi connectivity index (χ2v) is 7.98. The molecule has 2 saturated carbocycles. The molecule has 1 aliphatic heterocycles. The molecule has 1 unspecified atom stereocenters. The van der Waals surface area contributed by atoms with Gasteiger partial charge in [-0.1, -0.05) is 12.8 Å². The molecule has 2 amide bonds. The van der Waals surface area contributed by atoms with Gasteiger partial charge in [-0.3, -0.25) is 14.5 Å². The van der Waals surface area contributed by atoms with E-state index >= 15 is 0 Å². The predicted molar refractivity (Wildman–Crippen MR) is 97.7 cm³/mol. The summed E-state index contributed by atoms with van der Waals surface area (Å²) < 4.78 is 5.23. The van der Waals surface area contributed by atoms with Crippen LogP contribution in [0.25, 0.3) is 0 Å². The molecule has 26 heavy (non-hydrogen) atoms. The van der Waals surface area contributed by atoms with Gasteiger partial charge in [-0.2, -0.15) is 0 Å². The Labute approximate surface area is 154 Å². The highest BCUT2D eigenvalue weighted by Crippen LogP contribution is 2.32. The van der Waals surface area contributed by atoms with Crippen LogP contribution in [-0.2, 0) is 4.79 Å². The molecule has 0 radical (unpaired) electrons. The van der Waals surface area contributed by atoms with Gasteiger partial charge < -0.3 is 14.6 Å². The number of rotatable bonds is 6. The Morgan fingerprint density at radius 1 is 1.12 bits per heavy atom. The number of nitrogens with one attached hydrogen (secondary N) is 1. The van der Waals surface area contributed by atoms with Gasteiger partial charge in [0.25, 0.3) is 5.91 Å². The number of hydrogen-bond acceptors (Lipinski definition) is 4. The summed E-state index contributed by atoms with van der Waals surface area (Å²) in [6, 6.07) is 3.42. The van der Waals surface area contributed by atoms with Gasteiger partial charge in [0.1, 0.15) is 0 Å². The molecule has 1 aromatic heterocycles. The first-order valence-corrected chi connectivity index (χ1v) is 10.1. The highest BCUT2D eigenvalue weighted by Gasteiger charge is 2.38. The maximum absolute atomic E-state index is 12.9. The smallest absolute Gasteiger partial charge is 0.289 e. The molecule has 142 valence electrons. The van der Waals surface area contributed by atoms with Crippen LogP contribution in [0.4, 0.5) is 0 Å². The number of carbonyl (C=O) groups excluding carboxylic acids is 2. The topological polar surface area (TPSA) is 65.8 Å². The number of piperazine rings is 1. The Hall–Kier alpha value is -1.82. The average molecular weight is 359 g/mol. The van der Waals surface area contributed by atoms with Gasteiger partial charge in [-0.15, -0.1) is 0 Å². The van der Waals surface area contributed by atoms with E-state index in [0.29, 0.717) is 30.7 Å². The molecule has 1 saturated heterocycles. The summed E-state index contributed by atoms with van der Waals surface area (Å²) in [6.45, 7) is 3.64. The molecule has 2 heterocycles. The van der Waals surface area contributed by atoms with Crippen LogP contribution >= 0.6 is 0 Å². The molecule has 3 fully saturated rings. The van der Waals surface area contributed by atoms with Crippen molar-refractivity contribution in [3.05, 3.63) is 24.2 Å². The molecule has 0 aromatic carbocycles. The monoisotopic (exact) mass is 359 g/mol. The van der Waals surface area contributed by atoms with Crippen molar-refractivity contribution in [3.8, 4) is 0 Å². The fourth-order valence-corrected chi connectivity index (χ4v) is 4.38. The second-order valence-electron chi connectivity index (χ2n) is 7.98. The van der Waals surface area contributed by atoms with Crippen molar-refractivity contribution in [1.29, 1.82) is 0 Å². The predicted octanol–water partition coefficient (Wildman–Crippen LogP) is 2.12. The van der Waals surface area contributed by atoms with Crippen LogP contribution in [0.5, 0.6) is 0 Å². The summed E-state index contributed by atoms with van der Waals surface area (Å²) in [6.07, 6.45) is 8.79. The van der Waals surface area contributed by atoms with E-state index < -0.39 is 0 Å². The minimum atomic E-state index is -0.0507. The lowest BCUT2D eigenvalue weighted by molar-refractivity contribution is -0.129. The Morgan fingerprint density at radius 3 is 2.46 bits per heavy atom. The van der Waals surface area contributed by atoms with Crippen molar-refractivity contribution < 1.29 is 14.0 Å². The second kappa shape index (κ2) is 7.82. The van der Waals surface area contributed by atoms with E-state index in [1.807, 2.05) is 4.90 Å². The van der Waals surface area contributed by atoms with Crippen LogP contribution in [0.2, 0.25) is 0 Å². The van der Waals surface area contributed by atoms with Crippen molar-refractivity contribution in [1.82, 2.24) is 15.1 Å². The molecule has 0 bridgehead atoms. The summed E-state index contributed by atoms with van der Waals surface area (Å²) in [5.74, 6) is 1.71. The fraction of sp³-hybridized carbons (Fsp3) is 0.700. The zero-order valence-electron chi connectivity index (χ0n) is 15.4. The summed E-state index contributed by atoms with van der Waals surface area (Å²) in [4.78, 5) is 29.5. The van der Waals surface area contributed by atoms with Gasteiger partial charge in [0.05, 0.1) is 12.3 Å². The molecule has 3 aliphatic rings. The number of carbonyl (C=O) groups is 2. The molecule has 4 rings (SSSR count). The number of furan rings is 1. The van der Waals surface area contributed by atoms with E-state index in [0.717, 1.165) is 32.5 Å². The summed E-state index contributed by atoms with van der Waals surface area (Å²) in [7, 11) is 0. The maximum atomic E-state index is 12.9. The van der Waals surface area contributed by atoms with Gasteiger partial charge in [-0.25, -0.2) is 0 Å². The highest BCUT2D eigenvalue weighted by molar-refractivity contribution is 5.91. The van der Waals surface area contributed by atoms with E-state index in [-0.39, 0.29) is 17.9 Å². The number of nitrogens with zero attached hydrogens (tertiary/aromatic N) is 2. The largest absolute Gasteiger partial charge is 0.459 e. The third-order valence-electron chi connectivity index (χ3n) is 6.10. The quantitative estimate of drug-likeness (QED) is 0.845. The van der Waals surface area contributed by atoms with Crippen molar-refractivity contribution in [3.63, 3.8) is 0 Å². The minimum absolute atomic E-state index is 0.0304. The van der Waals surface area contributed by atoms with Gasteiger partial charge in [-0.05, 0) is 49.7 Å². The van der Waals surface area contributed by atoms with Crippen LogP contribution in [0, 0.1) is 11.8 Å². The normalized spacial score (nSPS) is 23.2. The molecule has 2 aliphatic carbocycles. The SMILES string of the molecule is O=C(NCC1CC1)C(C1CCCC1)N1CCN(C(=O)c2ccco2)CC1. The fourth-order valence-electron chi connectivity index (χ4n) is 4.38. The van der Waals surface area contributed by atoms with Crippen molar-refractivity contribution in [2.24, 2.45) is 11.8 Å². The molecule has 6 heteroatoms. The van der Waals surface area contributed by atoms with Crippen LogP contribution in [-0.4, -0.2) is 60.4 Å². The Morgan fingerprint density at radius 2 is 1.85 bits per heavy atom. The molecular formula is C20H29N3O3. The summed E-state index contributed by atoms with van der Waals surface area (Å²) in [5, 5.41) is 3.20. The zero-order chi connectivity index (χ0) is 17.9. The van der Waals surface area contributed by atoms with Gasteiger partial charge in [0.15, 0.2) is 5.76 Å². The van der Waals surface area contributed by atoms with Crippen molar-refractivity contribution in [2.45, 2.75) is 44.6 Å². The van der Waals surface area contributed by atoms with Crippen molar-refractivity contribution in [2.75, 3.05) is 32.7 Å². The van der Waals surface area contributed by atoms with E-state index in [9.17, 15) is 9.59 Å². The maximum Gasteiger partial charge on any atom is 0.289 e. The third-order valence-corrected chi connectivity index (χ3v) is 6.10. The molecule has 1 N–H and O–H groups in total. The standard InChI is InChI=1S/C20H29N3O3/c24-19(21-14-15-7-8-15)18(16-4-1-2-5-16)22-9-11-23(12-10-22)20(25)17-6-3-13-26-17/h3,6,13,15-16,18H,1-2,4-5,7-12,14H2,(H,21,24). The zero-order valence-corrected chi connectivity index (χ0v) is 15.4. The Balaban J connectivity index is 1.36. The molecular weight excluding hydrogens is 330 g/mol.